The molecule has 170 valence electrons. The van der Waals surface area contributed by atoms with E-state index >= 15 is 0 Å². The Morgan fingerprint density at radius 1 is 0.909 bits per heavy atom. The summed E-state index contributed by atoms with van der Waals surface area (Å²) in [6.07, 6.45) is 0. The van der Waals surface area contributed by atoms with Gasteiger partial charge in [-0.05, 0) is 42.3 Å². The topological polar surface area (TPSA) is 70.7 Å². The Morgan fingerprint density at radius 3 is 2.42 bits per heavy atom. The van der Waals surface area contributed by atoms with Gasteiger partial charge in [-0.3, -0.25) is 14.5 Å². The summed E-state index contributed by atoms with van der Waals surface area (Å²) < 4.78 is 5.41. The molecule has 1 unspecified atom stereocenters. The van der Waals surface area contributed by atoms with E-state index in [1.54, 1.807) is 24.3 Å². The van der Waals surface area contributed by atoms with E-state index in [1.807, 2.05) is 61.5 Å². The molecule has 6 nitrogen and oxygen atoms in total. The second-order valence-corrected chi connectivity index (χ2v) is 8.19. The fraction of sp³-hybridized carbons (Fsp3) is 0.259. The molecule has 2 amide bonds. The van der Waals surface area contributed by atoms with Crippen molar-refractivity contribution in [2.45, 2.75) is 19.5 Å². The molecular formula is C27H29N3O3. The third kappa shape index (κ3) is 6.06. The number of hydrogen-bond acceptors (Lipinski definition) is 4. The van der Waals surface area contributed by atoms with Crippen molar-refractivity contribution in [3.05, 3.63) is 101 Å². The Bertz CT molecular complexity index is 1090. The van der Waals surface area contributed by atoms with Crippen molar-refractivity contribution >= 4 is 17.5 Å². The molecule has 4 rings (SSSR count). The number of hydrogen-bond donors (Lipinski definition) is 2. The number of carbonyl (C=O) groups is 2. The lowest BCUT2D eigenvalue weighted by molar-refractivity contribution is 0.0342. The zero-order chi connectivity index (χ0) is 23.0. The number of amides is 2. The van der Waals surface area contributed by atoms with Gasteiger partial charge in [-0.15, -0.1) is 0 Å². The highest BCUT2D eigenvalue weighted by atomic mass is 16.5. The molecule has 2 N–H and O–H groups in total. The van der Waals surface area contributed by atoms with E-state index in [-0.39, 0.29) is 17.9 Å². The maximum atomic E-state index is 13.0. The van der Waals surface area contributed by atoms with Gasteiger partial charge in [0.25, 0.3) is 11.8 Å². The van der Waals surface area contributed by atoms with Gasteiger partial charge in [-0.1, -0.05) is 54.6 Å². The average molecular weight is 444 g/mol. The third-order valence-electron chi connectivity index (χ3n) is 5.77. The number of anilines is 1. The molecule has 0 aromatic heterocycles. The first-order valence-corrected chi connectivity index (χ1v) is 11.3. The van der Waals surface area contributed by atoms with E-state index in [0.717, 1.165) is 44.0 Å². The van der Waals surface area contributed by atoms with E-state index in [0.29, 0.717) is 16.8 Å². The quantitative estimate of drug-likeness (QED) is 0.572. The van der Waals surface area contributed by atoms with Crippen molar-refractivity contribution in [1.29, 1.82) is 0 Å². The van der Waals surface area contributed by atoms with Crippen LogP contribution in [0.2, 0.25) is 0 Å². The standard InChI is InChI=1S/C27H29N3O3/c1-20(22-9-3-2-4-10-22)28-27(32)24-12-5-6-13-25(24)29-26(31)23-11-7-8-21(18-23)19-30-14-16-33-17-15-30/h2-13,18,20H,14-17,19H2,1H3,(H,28,32)(H,29,31). The minimum atomic E-state index is -0.241. The summed E-state index contributed by atoms with van der Waals surface area (Å²) in [5.74, 6) is -0.474. The molecule has 0 radical (unpaired) electrons. The summed E-state index contributed by atoms with van der Waals surface area (Å²) in [5.41, 5.74) is 3.57. The smallest absolute Gasteiger partial charge is 0.255 e. The van der Waals surface area contributed by atoms with Crippen LogP contribution in [0.1, 0.15) is 44.8 Å². The summed E-state index contributed by atoms with van der Waals surface area (Å²) in [7, 11) is 0. The van der Waals surface area contributed by atoms with Crippen LogP contribution in [0.4, 0.5) is 5.69 Å². The van der Waals surface area contributed by atoms with Crippen molar-refractivity contribution < 1.29 is 14.3 Å². The van der Waals surface area contributed by atoms with Gasteiger partial charge in [0, 0.05) is 25.2 Å². The lowest BCUT2D eigenvalue weighted by atomic mass is 10.1. The lowest BCUT2D eigenvalue weighted by Crippen LogP contribution is -2.35. The Labute approximate surface area is 194 Å². The van der Waals surface area contributed by atoms with Crippen molar-refractivity contribution in [2.75, 3.05) is 31.6 Å². The minimum Gasteiger partial charge on any atom is -0.379 e. The number of para-hydroxylation sites is 1. The van der Waals surface area contributed by atoms with Crippen LogP contribution in [0.3, 0.4) is 0 Å². The summed E-state index contributed by atoms with van der Waals surface area (Å²) >= 11 is 0. The number of carbonyl (C=O) groups excluding carboxylic acids is 2. The molecule has 0 spiro atoms. The van der Waals surface area contributed by atoms with Gasteiger partial charge < -0.3 is 15.4 Å². The van der Waals surface area contributed by atoms with E-state index in [9.17, 15) is 9.59 Å². The molecule has 1 fully saturated rings. The van der Waals surface area contributed by atoms with Gasteiger partial charge in [-0.25, -0.2) is 0 Å². The van der Waals surface area contributed by atoms with Crippen molar-refractivity contribution in [1.82, 2.24) is 10.2 Å². The largest absolute Gasteiger partial charge is 0.379 e. The van der Waals surface area contributed by atoms with Gasteiger partial charge >= 0.3 is 0 Å². The van der Waals surface area contributed by atoms with Crippen LogP contribution in [0.25, 0.3) is 0 Å². The predicted molar refractivity (Wildman–Crippen MR) is 129 cm³/mol. The Morgan fingerprint density at radius 2 is 1.64 bits per heavy atom. The second-order valence-electron chi connectivity index (χ2n) is 8.19. The summed E-state index contributed by atoms with van der Waals surface area (Å²) in [4.78, 5) is 28.3. The molecule has 3 aromatic rings. The van der Waals surface area contributed by atoms with E-state index < -0.39 is 0 Å². The second kappa shape index (κ2) is 10.9. The van der Waals surface area contributed by atoms with Gasteiger partial charge in [0.1, 0.15) is 0 Å². The molecule has 1 heterocycles. The first kappa shape index (κ1) is 22.7. The molecule has 1 aliphatic heterocycles. The first-order valence-electron chi connectivity index (χ1n) is 11.3. The maximum Gasteiger partial charge on any atom is 0.255 e. The number of nitrogens with zero attached hydrogens (tertiary/aromatic N) is 1. The van der Waals surface area contributed by atoms with Crippen LogP contribution in [-0.4, -0.2) is 43.0 Å². The maximum absolute atomic E-state index is 13.0. The molecule has 1 saturated heterocycles. The van der Waals surface area contributed by atoms with E-state index in [4.69, 9.17) is 4.74 Å². The molecule has 1 atom stereocenters. The average Bonchev–Trinajstić information content (AvgIpc) is 2.85. The van der Waals surface area contributed by atoms with Gasteiger partial charge in [-0.2, -0.15) is 0 Å². The van der Waals surface area contributed by atoms with E-state index in [2.05, 4.69) is 15.5 Å². The van der Waals surface area contributed by atoms with Gasteiger partial charge in [0.2, 0.25) is 0 Å². The Balaban J connectivity index is 1.44. The zero-order valence-electron chi connectivity index (χ0n) is 18.8. The number of rotatable bonds is 7. The third-order valence-corrected chi connectivity index (χ3v) is 5.77. The molecule has 1 aliphatic rings. The van der Waals surface area contributed by atoms with Gasteiger partial charge in [0.05, 0.1) is 30.5 Å². The number of nitrogens with one attached hydrogen (secondary N) is 2. The summed E-state index contributed by atoms with van der Waals surface area (Å²) in [6.45, 7) is 5.97. The van der Waals surface area contributed by atoms with Crippen LogP contribution in [0, 0.1) is 0 Å². The highest BCUT2D eigenvalue weighted by Crippen LogP contribution is 2.19. The highest BCUT2D eigenvalue weighted by molar-refractivity contribution is 6.09. The highest BCUT2D eigenvalue weighted by Gasteiger charge is 2.17. The monoisotopic (exact) mass is 443 g/mol. The van der Waals surface area contributed by atoms with Crippen LogP contribution in [0.5, 0.6) is 0 Å². The number of ether oxygens (including phenoxy) is 1. The van der Waals surface area contributed by atoms with Gasteiger partial charge in [0.15, 0.2) is 0 Å². The number of benzene rings is 3. The fourth-order valence-corrected chi connectivity index (χ4v) is 3.91. The molecule has 3 aromatic carbocycles. The molecule has 0 saturated carbocycles. The lowest BCUT2D eigenvalue weighted by Gasteiger charge is -2.26. The SMILES string of the molecule is CC(NC(=O)c1ccccc1NC(=O)c1cccc(CN2CCOCC2)c1)c1ccccc1. The summed E-state index contributed by atoms with van der Waals surface area (Å²) in [5, 5.41) is 5.93. The minimum absolute atomic E-state index is 0.153. The molecule has 0 bridgehead atoms. The van der Waals surface area contributed by atoms with E-state index in [1.165, 1.54) is 0 Å². The molecule has 33 heavy (non-hydrogen) atoms. The Hall–Kier alpha value is -3.48. The fourth-order valence-electron chi connectivity index (χ4n) is 3.91. The van der Waals surface area contributed by atoms with Crippen LogP contribution in [0.15, 0.2) is 78.9 Å². The summed E-state index contributed by atoms with van der Waals surface area (Å²) in [6, 6.07) is 24.3. The molecule has 0 aliphatic carbocycles. The van der Waals surface area contributed by atoms with Crippen LogP contribution in [-0.2, 0) is 11.3 Å². The van der Waals surface area contributed by atoms with Crippen molar-refractivity contribution in [3.63, 3.8) is 0 Å². The normalized spacial score (nSPS) is 14.9. The first-order chi connectivity index (χ1) is 16.1. The number of morpholine rings is 1. The van der Waals surface area contributed by atoms with Crippen LogP contribution >= 0.6 is 0 Å². The zero-order valence-corrected chi connectivity index (χ0v) is 18.8. The van der Waals surface area contributed by atoms with Crippen molar-refractivity contribution in [3.8, 4) is 0 Å². The molecule has 6 heteroatoms. The van der Waals surface area contributed by atoms with Crippen LogP contribution < -0.4 is 10.6 Å². The Kier molecular flexibility index (Phi) is 7.50. The molecular weight excluding hydrogens is 414 g/mol. The predicted octanol–water partition coefficient (Wildman–Crippen LogP) is 4.26. The van der Waals surface area contributed by atoms with Crippen molar-refractivity contribution in [2.24, 2.45) is 0 Å².